The number of rotatable bonds is 7. The molecule has 2 aromatic heterocycles. The molecular weight excluding hydrogens is 320 g/mol. The summed E-state index contributed by atoms with van der Waals surface area (Å²) in [4.78, 5) is 16.1. The molecule has 1 amide bonds. The van der Waals surface area contributed by atoms with E-state index in [-0.39, 0.29) is 11.9 Å². The van der Waals surface area contributed by atoms with Crippen molar-refractivity contribution in [1.29, 1.82) is 0 Å². The van der Waals surface area contributed by atoms with Gasteiger partial charge in [0.15, 0.2) is 5.82 Å². The van der Waals surface area contributed by atoms with Crippen molar-refractivity contribution >= 4 is 17.2 Å². The molecule has 1 fully saturated rings. The van der Waals surface area contributed by atoms with Crippen molar-refractivity contribution in [3.05, 3.63) is 34.5 Å². The van der Waals surface area contributed by atoms with E-state index >= 15 is 0 Å². The van der Waals surface area contributed by atoms with Gasteiger partial charge in [0.25, 0.3) is 0 Å². The zero-order valence-electron chi connectivity index (χ0n) is 14.5. The molecule has 0 aliphatic carbocycles. The Labute approximate surface area is 147 Å². The lowest BCUT2D eigenvalue weighted by molar-refractivity contribution is -0.132. The summed E-state index contributed by atoms with van der Waals surface area (Å²) < 4.78 is 2.12. The van der Waals surface area contributed by atoms with Crippen LogP contribution in [-0.4, -0.2) is 32.1 Å². The van der Waals surface area contributed by atoms with Crippen molar-refractivity contribution in [2.24, 2.45) is 5.92 Å². The average Bonchev–Trinajstić information content (AvgIpc) is 3.27. The van der Waals surface area contributed by atoms with E-state index in [1.807, 2.05) is 4.90 Å². The molecule has 0 saturated carbocycles. The first-order valence-electron chi connectivity index (χ1n) is 8.84. The normalized spacial score (nSPS) is 17.8. The Morgan fingerprint density at radius 3 is 3.08 bits per heavy atom. The zero-order chi connectivity index (χ0) is 16.9. The van der Waals surface area contributed by atoms with Gasteiger partial charge in [0.1, 0.15) is 6.33 Å². The second-order valence-corrected chi connectivity index (χ2v) is 7.95. The summed E-state index contributed by atoms with van der Waals surface area (Å²) in [5.74, 6) is 1.75. The molecular formula is C18H26N4OS. The van der Waals surface area contributed by atoms with E-state index in [4.69, 9.17) is 0 Å². The van der Waals surface area contributed by atoms with Crippen LogP contribution in [0.25, 0.3) is 0 Å². The Hall–Kier alpha value is -1.69. The highest BCUT2D eigenvalue weighted by Crippen LogP contribution is 2.31. The molecule has 2 aromatic rings. The summed E-state index contributed by atoms with van der Waals surface area (Å²) >= 11 is 1.77. The summed E-state index contributed by atoms with van der Waals surface area (Å²) in [5.41, 5.74) is 0. The number of carbonyl (C=O) groups is 1. The summed E-state index contributed by atoms with van der Waals surface area (Å²) in [5, 5.41) is 10.5. The van der Waals surface area contributed by atoms with E-state index < -0.39 is 0 Å². The molecule has 6 heteroatoms. The lowest BCUT2D eigenvalue weighted by Crippen LogP contribution is -2.32. The number of nitrogens with zero attached hydrogens (tertiary/aromatic N) is 4. The van der Waals surface area contributed by atoms with Gasteiger partial charge in [0.2, 0.25) is 5.91 Å². The van der Waals surface area contributed by atoms with E-state index in [9.17, 15) is 4.79 Å². The molecule has 0 bridgehead atoms. The van der Waals surface area contributed by atoms with E-state index in [2.05, 4.69) is 46.1 Å². The first-order chi connectivity index (χ1) is 11.6. The van der Waals surface area contributed by atoms with E-state index in [0.717, 1.165) is 44.6 Å². The van der Waals surface area contributed by atoms with Crippen LogP contribution >= 0.6 is 11.3 Å². The highest BCUT2D eigenvalue weighted by atomic mass is 32.1. The van der Waals surface area contributed by atoms with Gasteiger partial charge in [0.05, 0.1) is 6.04 Å². The molecule has 130 valence electrons. The second kappa shape index (κ2) is 7.92. The van der Waals surface area contributed by atoms with Crippen LogP contribution < -0.4 is 0 Å². The Balaban J connectivity index is 1.60. The maximum Gasteiger partial charge on any atom is 0.223 e. The molecule has 1 atom stereocenters. The molecule has 0 N–H and O–H groups in total. The fraction of sp³-hybridized carbons (Fsp3) is 0.611. The van der Waals surface area contributed by atoms with Gasteiger partial charge in [0, 0.05) is 24.4 Å². The molecule has 0 radical (unpaired) electrons. The number of aryl methyl sites for hydroxylation is 1. The predicted molar refractivity (Wildman–Crippen MR) is 95.8 cm³/mol. The Bertz CT molecular complexity index is 650. The second-order valence-electron chi connectivity index (χ2n) is 6.91. The number of carbonyl (C=O) groups excluding carboxylic acids is 1. The molecule has 3 rings (SSSR count). The maximum atomic E-state index is 12.7. The van der Waals surface area contributed by atoms with E-state index in [0.29, 0.717) is 12.3 Å². The van der Waals surface area contributed by atoms with Crippen LogP contribution in [0.3, 0.4) is 0 Å². The molecule has 1 aliphatic heterocycles. The van der Waals surface area contributed by atoms with Gasteiger partial charge in [-0.05, 0) is 43.0 Å². The molecule has 0 spiro atoms. The first kappa shape index (κ1) is 17.1. The minimum atomic E-state index is 0.0977. The van der Waals surface area contributed by atoms with Gasteiger partial charge < -0.3 is 9.47 Å². The fourth-order valence-electron chi connectivity index (χ4n) is 3.40. The van der Waals surface area contributed by atoms with Crippen molar-refractivity contribution in [2.45, 2.75) is 58.5 Å². The predicted octanol–water partition coefficient (Wildman–Crippen LogP) is 3.68. The van der Waals surface area contributed by atoms with Crippen LogP contribution in [0.2, 0.25) is 0 Å². The van der Waals surface area contributed by atoms with Crippen LogP contribution in [0.1, 0.15) is 56.3 Å². The van der Waals surface area contributed by atoms with Crippen molar-refractivity contribution in [3.8, 4) is 0 Å². The monoisotopic (exact) mass is 346 g/mol. The van der Waals surface area contributed by atoms with Crippen LogP contribution in [0.15, 0.2) is 23.8 Å². The first-order valence-corrected chi connectivity index (χ1v) is 9.72. The van der Waals surface area contributed by atoms with Gasteiger partial charge in [-0.1, -0.05) is 19.9 Å². The number of thiophene rings is 1. The number of amides is 1. The summed E-state index contributed by atoms with van der Waals surface area (Å²) in [6.07, 6.45) is 6.37. The molecule has 5 nitrogen and oxygen atoms in total. The smallest absolute Gasteiger partial charge is 0.223 e. The number of aromatic nitrogens is 3. The van der Waals surface area contributed by atoms with Gasteiger partial charge >= 0.3 is 0 Å². The SMILES string of the molecule is CC(C)Cn1cnnc1C1CCCN1C(=O)CCCc1cccs1. The third-order valence-corrected chi connectivity index (χ3v) is 5.41. The zero-order valence-corrected chi connectivity index (χ0v) is 15.3. The quantitative estimate of drug-likeness (QED) is 0.768. The van der Waals surface area contributed by atoms with Crippen molar-refractivity contribution in [1.82, 2.24) is 19.7 Å². The molecule has 3 heterocycles. The lowest BCUT2D eigenvalue weighted by atomic mass is 10.1. The van der Waals surface area contributed by atoms with Crippen LogP contribution in [0.4, 0.5) is 0 Å². The van der Waals surface area contributed by atoms with Gasteiger partial charge in [-0.3, -0.25) is 4.79 Å². The van der Waals surface area contributed by atoms with Crippen molar-refractivity contribution in [2.75, 3.05) is 6.54 Å². The lowest BCUT2D eigenvalue weighted by Gasteiger charge is -2.25. The Morgan fingerprint density at radius 1 is 1.46 bits per heavy atom. The highest BCUT2D eigenvalue weighted by molar-refractivity contribution is 7.09. The van der Waals surface area contributed by atoms with Crippen LogP contribution in [0, 0.1) is 5.92 Å². The standard InChI is InChI=1S/C18H26N4OS/c1-14(2)12-21-13-19-20-18(21)16-8-4-10-22(16)17(23)9-3-6-15-7-5-11-24-15/h5,7,11,13-14,16H,3-4,6,8-10,12H2,1-2H3. The van der Waals surface area contributed by atoms with Crippen LogP contribution in [-0.2, 0) is 17.8 Å². The third kappa shape index (κ3) is 4.04. The third-order valence-electron chi connectivity index (χ3n) is 4.47. The maximum absolute atomic E-state index is 12.7. The number of likely N-dealkylation sites (tertiary alicyclic amines) is 1. The topological polar surface area (TPSA) is 51.0 Å². The minimum absolute atomic E-state index is 0.0977. The Kier molecular flexibility index (Phi) is 5.66. The number of hydrogen-bond acceptors (Lipinski definition) is 4. The van der Waals surface area contributed by atoms with Crippen molar-refractivity contribution in [3.63, 3.8) is 0 Å². The summed E-state index contributed by atoms with van der Waals surface area (Å²) in [6.45, 7) is 6.12. The summed E-state index contributed by atoms with van der Waals surface area (Å²) in [7, 11) is 0. The molecule has 1 saturated heterocycles. The number of hydrogen-bond donors (Lipinski definition) is 0. The minimum Gasteiger partial charge on any atom is -0.332 e. The van der Waals surface area contributed by atoms with Gasteiger partial charge in [-0.25, -0.2) is 0 Å². The molecule has 1 aliphatic rings. The van der Waals surface area contributed by atoms with Crippen molar-refractivity contribution < 1.29 is 4.79 Å². The average molecular weight is 346 g/mol. The molecule has 24 heavy (non-hydrogen) atoms. The summed E-state index contributed by atoms with van der Waals surface area (Å²) in [6, 6.07) is 4.31. The molecule has 0 aromatic carbocycles. The van der Waals surface area contributed by atoms with Gasteiger partial charge in [-0.2, -0.15) is 0 Å². The van der Waals surface area contributed by atoms with Gasteiger partial charge in [-0.15, -0.1) is 21.5 Å². The van der Waals surface area contributed by atoms with E-state index in [1.54, 1.807) is 17.7 Å². The van der Waals surface area contributed by atoms with Crippen LogP contribution in [0.5, 0.6) is 0 Å². The van der Waals surface area contributed by atoms with E-state index in [1.165, 1.54) is 4.88 Å². The Morgan fingerprint density at radius 2 is 2.33 bits per heavy atom. The molecule has 1 unspecified atom stereocenters. The highest BCUT2D eigenvalue weighted by Gasteiger charge is 2.32. The fourth-order valence-corrected chi connectivity index (χ4v) is 4.15. The largest absolute Gasteiger partial charge is 0.332 e.